The lowest BCUT2D eigenvalue weighted by Gasteiger charge is -2.13. The standard InChI is InChI=1S/C16H22N6O2S/c1-10(2)17-15(24)12-7-5-6-8-13(12)18-14(23)9-25-16-19-20-21-22(16)11(3)4/h5-8,10-11H,9H2,1-4H3,(H,17,24)(H,18,23). The topological polar surface area (TPSA) is 102 Å². The van der Waals surface area contributed by atoms with Crippen LogP contribution in [0.4, 0.5) is 5.69 Å². The molecule has 2 aromatic rings. The van der Waals surface area contributed by atoms with Gasteiger partial charge in [-0.2, -0.15) is 0 Å². The third-order valence-corrected chi connectivity index (χ3v) is 4.08. The highest BCUT2D eigenvalue weighted by molar-refractivity contribution is 7.99. The Bertz CT molecular complexity index is 744. The van der Waals surface area contributed by atoms with Crippen LogP contribution in [0.3, 0.4) is 0 Å². The van der Waals surface area contributed by atoms with Crippen molar-refractivity contribution in [3.8, 4) is 0 Å². The Labute approximate surface area is 150 Å². The second kappa shape index (κ2) is 8.61. The van der Waals surface area contributed by atoms with E-state index in [4.69, 9.17) is 0 Å². The molecule has 0 spiro atoms. The molecule has 0 radical (unpaired) electrons. The van der Waals surface area contributed by atoms with E-state index in [0.29, 0.717) is 16.4 Å². The molecule has 0 saturated carbocycles. The van der Waals surface area contributed by atoms with E-state index in [1.54, 1.807) is 28.9 Å². The summed E-state index contributed by atoms with van der Waals surface area (Å²) in [6.45, 7) is 7.69. The Hall–Kier alpha value is -2.42. The quantitative estimate of drug-likeness (QED) is 0.732. The van der Waals surface area contributed by atoms with Crippen LogP contribution in [0.2, 0.25) is 0 Å². The van der Waals surface area contributed by atoms with Crippen LogP contribution >= 0.6 is 11.8 Å². The summed E-state index contributed by atoms with van der Waals surface area (Å²) in [5.41, 5.74) is 0.913. The van der Waals surface area contributed by atoms with E-state index in [9.17, 15) is 9.59 Å². The molecule has 0 fully saturated rings. The minimum absolute atomic E-state index is 0.0155. The zero-order chi connectivity index (χ0) is 18.4. The molecule has 134 valence electrons. The molecule has 8 nitrogen and oxygen atoms in total. The Morgan fingerprint density at radius 3 is 2.60 bits per heavy atom. The van der Waals surface area contributed by atoms with Crippen LogP contribution in [0.1, 0.15) is 44.1 Å². The molecule has 0 unspecified atom stereocenters. The number of rotatable bonds is 7. The van der Waals surface area contributed by atoms with E-state index in [1.165, 1.54) is 11.8 Å². The minimum atomic E-state index is -0.229. The number of nitrogens with one attached hydrogen (secondary N) is 2. The van der Waals surface area contributed by atoms with Gasteiger partial charge in [0.1, 0.15) is 0 Å². The highest BCUT2D eigenvalue weighted by Crippen LogP contribution is 2.19. The van der Waals surface area contributed by atoms with Gasteiger partial charge in [-0.25, -0.2) is 4.68 Å². The molecule has 0 saturated heterocycles. The molecule has 1 aromatic carbocycles. The Morgan fingerprint density at radius 1 is 1.20 bits per heavy atom. The maximum absolute atomic E-state index is 12.2. The molecular weight excluding hydrogens is 340 g/mol. The first kappa shape index (κ1) is 18.9. The zero-order valence-corrected chi connectivity index (χ0v) is 15.5. The maximum atomic E-state index is 12.2. The van der Waals surface area contributed by atoms with Gasteiger partial charge in [-0.15, -0.1) is 5.10 Å². The number of thioether (sulfide) groups is 1. The number of para-hydroxylation sites is 1. The van der Waals surface area contributed by atoms with E-state index < -0.39 is 0 Å². The number of hydrogen-bond acceptors (Lipinski definition) is 6. The predicted octanol–water partition coefficient (Wildman–Crippen LogP) is 2.12. The van der Waals surface area contributed by atoms with E-state index in [-0.39, 0.29) is 29.7 Å². The average molecular weight is 362 g/mol. The Balaban J connectivity index is 2.01. The van der Waals surface area contributed by atoms with E-state index in [2.05, 4.69) is 26.2 Å². The summed E-state index contributed by atoms with van der Waals surface area (Å²) >= 11 is 1.25. The Morgan fingerprint density at radius 2 is 1.92 bits per heavy atom. The van der Waals surface area contributed by atoms with E-state index in [0.717, 1.165) is 0 Å². The molecule has 0 atom stereocenters. The fourth-order valence-corrected chi connectivity index (χ4v) is 2.86. The van der Waals surface area contributed by atoms with Gasteiger partial charge in [0.05, 0.1) is 23.0 Å². The zero-order valence-electron chi connectivity index (χ0n) is 14.7. The second-order valence-electron chi connectivity index (χ2n) is 6.01. The van der Waals surface area contributed by atoms with Gasteiger partial charge in [0, 0.05) is 6.04 Å². The molecule has 0 aliphatic heterocycles. The molecule has 0 aliphatic carbocycles. The first-order chi connectivity index (χ1) is 11.9. The van der Waals surface area contributed by atoms with Crippen LogP contribution < -0.4 is 10.6 Å². The third kappa shape index (κ3) is 5.28. The molecule has 0 aliphatic rings. The fourth-order valence-electron chi connectivity index (χ4n) is 2.05. The number of amides is 2. The average Bonchev–Trinajstić information content (AvgIpc) is 3.01. The van der Waals surface area contributed by atoms with Crippen LogP contribution in [0.5, 0.6) is 0 Å². The van der Waals surface area contributed by atoms with Gasteiger partial charge in [-0.05, 0) is 50.3 Å². The predicted molar refractivity (Wildman–Crippen MR) is 96.6 cm³/mol. The first-order valence-electron chi connectivity index (χ1n) is 7.99. The largest absolute Gasteiger partial charge is 0.350 e. The van der Waals surface area contributed by atoms with E-state index >= 15 is 0 Å². The SMILES string of the molecule is CC(C)NC(=O)c1ccccc1NC(=O)CSc1nnnn1C(C)C. The van der Waals surface area contributed by atoms with Crippen LogP contribution in [0.25, 0.3) is 0 Å². The third-order valence-electron chi connectivity index (χ3n) is 3.15. The van der Waals surface area contributed by atoms with Crippen LogP contribution in [-0.4, -0.2) is 43.8 Å². The van der Waals surface area contributed by atoms with Gasteiger partial charge < -0.3 is 10.6 Å². The van der Waals surface area contributed by atoms with Crippen molar-refractivity contribution in [3.05, 3.63) is 29.8 Å². The molecule has 1 heterocycles. The number of nitrogens with zero attached hydrogens (tertiary/aromatic N) is 4. The summed E-state index contributed by atoms with van der Waals surface area (Å²) in [6.07, 6.45) is 0. The van der Waals surface area contributed by atoms with Gasteiger partial charge in [0.2, 0.25) is 11.1 Å². The van der Waals surface area contributed by atoms with Crippen molar-refractivity contribution in [1.82, 2.24) is 25.5 Å². The minimum Gasteiger partial charge on any atom is -0.350 e. The number of tetrazole rings is 1. The molecule has 0 bridgehead atoms. The lowest BCUT2D eigenvalue weighted by atomic mass is 10.1. The molecule has 2 N–H and O–H groups in total. The van der Waals surface area contributed by atoms with Crippen molar-refractivity contribution >= 4 is 29.3 Å². The summed E-state index contributed by atoms with van der Waals surface area (Å²) < 4.78 is 1.65. The number of hydrogen-bond donors (Lipinski definition) is 2. The smallest absolute Gasteiger partial charge is 0.253 e. The van der Waals surface area contributed by atoms with Gasteiger partial charge in [0.15, 0.2) is 0 Å². The van der Waals surface area contributed by atoms with Crippen LogP contribution in [0, 0.1) is 0 Å². The van der Waals surface area contributed by atoms with Crippen molar-refractivity contribution in [2.75, 3.05) is 11.1 Å². The second-order valence-corrected chi connectivity index (χ2v) is 6.95. The van der Waals surface area contributed by atoms with Crippen molar-refractivity contribution in [2.24, 2.45) is 0 Å². The van der Waals surface area contributed by atoms with Gasteiger partial charge in [-0.1, -0.05) is 23.9 Å². The van der Waals surface area contributed by atoms with Crippen molar-refractivity contribution < 1.29 is 9.59 Å². The van der Waals surface area contributed by atoms with Gasteiger partial charge in [0.25, 0.3) is 5.91 Å². The molecular formula is C16H22N6O2S. The van der Waals surface area contributed by atoms with Crippen LogP contribution in [-0.2, 0) is 4.79 Å². The van der Waals surface area contributed by atoms with Crippen molar-refractivity contribution in [3.63, 3.8) is 0 Å². The Kier molecular flexibility index (Phi) is 6.51. The van der Waals surface area contributed by atoms with E-state index in [1.807, 2.05) is 27.7 Å². The number of benzene rings is 1. The molecule has 1 aromatic heterocycles. The monoisotopic (exact) mass is 362 g/mol. The summed E-state index contributed by atoms with van der Waals surface area (Å²) in [6, 6.07) is 7.04. The molecule has 9 heteroatoms. The first-order valence-corrected chi connectivity index (χ1v) is 8.97. The van der Waals surface area contributed by atoms with Crippen LogP contribution in [0.15, 0.2) is 29.4 Å². The summed E-state index contributed by atoms with van der Waals surface area (Å²) in [4.78, 5) is 24.5. The lowest BCUT2D eigenvalue weighted by Crippen LogP contribution is -2.31. The normalized spacial score (nSPS) is 11.0. The number of carbonyl (C=O) groups is 2. The highest BCUT2D eigenvalue weighted by Gasteiger charge is 2.15. The van der Waals surface area contributed by atoms with Gasteiger partial charge >= 0.3 is 0 Å². The highest BCUT2D eigenvalue weighted by atomic mass is 32.2. The lowest BCUT2D eigenvalue weighted by molar-refractivity contribution is -0.113. The van der Waals surface area contributed by atoms with Crippen molar-refractivity contribution in [2.45, 2.75) is 44.9 Å². The summed E-state index contributed by atoms with van der Waals surface area (Å²) in [7, 11) is 0. The van der Waals surface area contributed by atoms with Gasteiger partial charge in [-0.3, -0.25) is 9.59 Å². The number of carbonyl (C=O) groups excluding carboxylic acids is 2. The molecule has 2 rings (SSSR count). The molecule has 2 amide bonds. The summed E-state index contributed by atoms with van der Waals surface area (Å²) in [5.74, 6) is -0.303. The molecule has 25 heavy (non-hydrogen) atoms. The van der Waals surface area contributed by atoms with Crippen molar-refractivity contribution in [1.29, 1.82) is 0 Å². The fraction of sp³-hybridized carbons (Fsp3) is 0.438. The number of anilines is 1. The maximum Gasteiger partial charge on any atom is 0.253 e. The summed E-state index contributed by atoms with van der Waals surface area (Å²) in [5, 5.41) is 17.6. The number of aromatic nitrogens is 4.